The molecule has 1 atom stereocenters. The monoisotopic (exact) mass is 339 g/mol. The number of halogens is 2. The summed E-state index contributed by atoms with van der Waals surface area (Å²) in [6.45, 7) is 5.53. The predicted octanol–water partition coefficient (Wildman–Crippen LogP) is 2.07. The Hall–Kier alpha value is -0.0300. The minimum atomic E-state index is 0. The molecule has 21 heavy (non-hydrogen) atoms. The summed E-state index contributed by atoms with van der Waals surface area (Å²) >= 11 is 0. The molecule has 6 heteroatoms. The van der Waals surface area contributed by atoms with Crippen LogP contribution in [0.1, 0.15) is 38.5 Å². The van der Waals surface area contributed by atoms with Gasteiger partial charge in [0.1, 0.15) is 0 Å². The molecular weight excluding hydrogens is 309 g/mol. The maximum absolute atomic E-state index is 11.8. The standard InChI is InChI=1S/C15H29N3O.2ClH/c1-18-10-6-13(7-11-18)5-9-17-15(19)3-2-14-4-8-16-12-14;;/h13-14,16H,2-12H2,1H3,(H,17,19);2*1H. The molecule has 4 nitrogen and oxygen atoms in total. The van der Waals surface area contributed by atoms with Gasteiger partial charge < -0.3 is 15.5 Å². The van der Waals surface area contributed by atoms with Gasteiger partial charge in [0.25, 0.3) is 0 Å². The van der Waals surface area contributed by atoms with E-state index in [1.54, 1.807) is 0 Å². The first-order valence-electron chi connectivity index (χ1n) is 7.90. The SMILES string of the molecule is CN1CCC(CCNC(=O)CCC2CCNC2)CC1.Cl.Cl. The first kappa shape index (κ1) is 21.0. The molecule has 0 radical (unpaired) electrons. The molecular formula is C15H31Cl2N3O. The summed E-state index contributed by atoms with van der Waals surface area (Å²) in [5.41, 5.74) is 0. The molecule has 2 fully saturated rings. The zero-order chi connectivity index (χ0) is 13.5. The van der Waals surface area contributed by atoms with Gasteiger partial charge in [0.2, 0.25) is 5.91 Å². The molecule has 0 bridgehead atoms. The van der Waals surface area contributed by atoms with Gasteiger partial charge in [-0.05, 0) is 77.2 Å². The number of amides is 1. The normalized spacial score (nSPS) is 23.2. The quantitative estimate of drug-likeness (QED) is 0.778. The third-order valence-corrected chi connectivity index (χ3v) is 4.65. The lowest BCUT2D eigenvalue weighted by Crippen LogP contribution is -2.32. The molecule has 2 heterocycles. The summed E-state index contributed by atoms with van der Waals surface area (Å²) in [6.07, 6.45) is 6.74. The lowest BCUT2D eigenvalue weighted by Gasteiger charge is -2.28. The Morgan fingerprint density at radius 1 is 1.14 bits per heavy atom. The second-order valence-corrected chi connectivity index (χ2v) is 6.28. The zero-order valence-corrected chi connectivity index (χ0v) is 14.7. The fourth-order valence-electron chi connectivity index (χ4n) is 3.15. The van der Waals surface area contributed by atoms with Gasteiger partial charge in [0, 0.05) is 13.0 Å². The van der Waals surface area contributed by atoms with Gasteiger partial charge in [-0.25, -0.2) is 0 Å². The van der Waals surface area contributed by atoms with Gasteiger partial charge in [-0.3, -0.25) is 4.79 Å². The maximum Gasteiger partial charge on any atom is 0.220 e. The number of nitrogens with zero attached hydrogens (tertiary/aromatic N) is 1. The summed E-state index contributed by atoms with van der Waals surface area (Å²) in [5, 5.41) is 6.44. The molecule has 1 unspecified atom stereocenters. The van der Waals surface area contributed by atoms with E-state index < -0.39 is 0 Å². The van der Waals surface area contributed by atoms with Crippen LogP contribution >= 0.6 is 24.8 Å². The van der Waals surface area contributed by atoms with Crippen molar-refractivity contribution in [1.29, 1.82) is 0 Å². The molecule has 0 aliphatic carbocycles. The minimum absolute atomic E-state index is 0. The van der Waals surface area contributed by atoms with Crippen molar-refractivity contribution in [3.05, 3.63) is 0 Å². The Morgan fingerprint density at radius 2 is 1.86 bits per heavy atom. The summed E-state index contributed by atoms with van der Waals surface area (Å²) < 4.78 is 0. The Morgan fingerprint density at radius 3 is 2.48 bits per heavy atom. The van der Waals surface area contributed by atoms with E-state index in [0.29, 0.717) is 6.42 Å². The van der Waals surface area contributed by atoms with E-state index >= 15 is 0 Å². The number of carbonyl (C=O) groups is 1. The highest BCUT2D eigenvalue weighted by Crippen LogP contribution is 2.19. The number of likely N-dealkylation sites (tertiary alicyclic amines) is 1. The molecule has 2 aliphatic rings. The summed E-state index contributed by atoms with van der Waals surface area (Å²) in [7, 11) is 2.19. The van der Waals surface area contributed by atoms with Gasteiger partial charge >= 0.3 is 0 Å². The number of hydrogen-bond acceptors (Lipinski definition) is 3. The Balaban J connectivity index is 0.00000200. The molecule has 2 rings (SSSR count). The largest absolute Gasteiger partial charge is 0.356 e. The van der Waals surface area contributed by atoms with Crippen LogP contribution in [-0.4, -0.2) is 50.6 Å². The van der Waals surface area contributed by atoms with Crippen LogP contribution in [0.2, 0.25) is 0 Å². The second-order valence-electron chi connectivity index (χ2n) is 6.28. The van der Waals surface area contributed by atoms with Crippen molar-refractivity contribution in [2.45, 2.75) is 38.5 Å². The van der Waals surface area contributed by atoms with Crippen LogP contribution in [0.4, 0.5) is 0 Å². The average molecular weight is 340 g/mol. The first-order valence-corrected chi connectivity index (χ1v) is 7.90. The number of rotatable bonds is 6. The minimum Gasteiger partial charge on any atom is -0.356 e. The Kier molecular flexibility index (Phi) is 11.5. The van der Waals surface area contributed by atoms with Gasteiger partial charge in [0.05, 0.1) is 0 Å². The van der Waals surface area contributed by atoms with Crippen molar-refractivity contribution in [2.24, 2.45) is 11.8 Å². The van der Waals surface area contributed by atoms with Crippen molar-refractivity contribution >= 4 is 30.7 Å². The van der Waals surface area contributed by atoms with E-state index in [1.165, 1.54) is 32.4 Å². The van der Waals surface area contributed by atoms with E-state index in [0.717, 1.165) is 44.3 Å². The van der Waals surface area contributed by atoms with Crippen molar-refractivity contribution in [1.82, 2.24) is 15.5 Å². The van der Waals surface area contributed by atoms with E-state index in [2.05, 4.69) is 22.6 Å². The molecule has 0 spiro atoms. The maximum atomic E-state index is 11.8. The third-order valence-electron chi connectivity index (χ3n) is 4.65. The van der Waals surface area contributed by atoms with E-state index in [4.69, 9.17) is 0 Å². The van der Waals surface area contributed by atoms with Crippen LogP contribution in [0.15, 0.2) is 0 Å². The smallest absolute Gasteiger partial charge is 0.220 e. The van der Waals surface area contributed by atoms with Crippen LogP contribution in [0.25, 0.3) is 0 Å². The van der Waals surface area contributed by atoms with E-state index in [9.17, 15) is 4.79 Å². The van der Waals surface area contributed by atoms with Crippen LogP contribution in [0.5, 0.6) is 0 Å². The van der Waals surface area contributed by atoms with Crippen LogP contribution in [0.3, 0.4) is 0 Å². The molecule has 0 aromatic heterocycles. The molecule has 0 aromatic carbocycles. The van der Waals surface area contributed by atoms with Crippen molar-refractivity contribution in [2.75, 3.05) is 39.8 Å². The fourth-order valence-corrected chi connectivity index (χ4v) is 3.15. The molecule has 126 valence electrons. The van der Waals surface area contributed by atoms with Gasteiger partial charge in [-0.2, -0.15) is 0 Å². The molecule has 0 saturated carbocycles. The third kappa shape index (κ3) is 8.24. The highest BCUT2D eigenvalue weighted by molar-refractivity contribution is 5.85. The van der Waals surface area contributed by atoms with Gasteiger partial charge in [-0.15, -0.1) is 24.8 Å². The van der Waals surface area contributed by atoms with Crippen molar-refractivity contribution in [3.8, 4) is 0 Å². The van der Waals surface area contributed by atoms with Gasteiger partial charge in [-0.1, -0.05) is 0 Å². The number of carbonyl (C=O) groups excluding carboxylic acids is 1. The summed E-state index contributed by atoms with van der Waals surface area (Å²) in [4.78, 5) is 14.1. The highest BCUT2D eigenvalue weighted by atomic mass is 35.5. The predicted molar refractivity (Wildman–Crippen MR) is 92.6 cm³/mol. The van der Waals surface area contributed by atoms with Crippen LogP contribution in [0, 0.1) is 11.8 Å². The molecule has 1 amide bonds. The summed E-state index contributed by atoms with van der Waals surface area (Å²) in [5.74, 6) is 1.79. The average Bonchev–Trinajstić information content (AvgIpc) is 2.92. The van der Waals surface area contributed by atoms with Crippen LogP contribution in [-0.2, 0) is 4.79 Å². The summed E-state index contributed by atoms with van der Waals surface area (Å²) in [6, 6.07) is 0. The van der Waals surface area contributed by atoms with Crippen molar-refractivity contribution in [3.63, 3.8) is 0 Å². The Labute approximate surface area is 141 Å². The van der Waals surface area contributed by atoms with E-state index in [-0.39, 0.29) is 30.7 Å². The highest BCUT2D eigenvalue weighted by Gasteiger charge is 2.17. The molecule has 2 N–H and O–H groups in total. The number of nitrogens with one attached hydrogen (secondary N) is 2. The molecule has 2 saturated heterocycles. The molecule has 0 aromatic rings. The lowest BCUT2D eigenvalue weighted by molar-refractivity contribution is -0.121. The topological polar surface area (TPSA) is 44.4 Å². The van der Waals surface area contributed by atoms with Crippen molar-refractivity contribution < 1.29 is 4.79 Å². The lowest BCUT2D eigenvalue weighted by atomic mass is 9.94. The second kappa shape index (κ2) is 11.5. The first-order chi connectivity index (χ1) is 9.24. The number of hydrogen-bond donors (Lipinski definition) is 2. The zero-order valence-electron chi connectivity index (χ0n) is 13.1. The van der Waals surface area contributed by atoms with E-state index in [1.807, 2.05) is 0 Å². The Bertz CT molecular complexity index is 278. The fraction of sp³-hybridized carbons (Fsp3) is 0.933. The van der Waals surface area contributed by atoms with Gasteiger partial charge in [0.15, 0.2) is 0 Å². The molecule has 2 aliphatic heterocycles. The van der Waals surface area contributed by atoms with Crippen LogP contribution < -0.4 is 10.6 Å². The number of piperidine rings is 1.